The van der Waals surface area contributed by atoms with E-state index in [1.807, 2.05) is 48.9 Å². The molecule has 0 aromatic carbocycles. The van der Waals surface area contributed by atoms with Crippen molar-refractivity contribution in [2.24, 2.45) is 7.05 Å². The van der Waals surface area contributed by atoms with Gasteiger partial charge in [-0.05, 0) is 13.8 Å². The van der Waals surface area contributed by atoms with Gasteiger partial charge in [0.05, 0.1) is 13.6 Å². The van der Waals surface area contributed by atoms with Gasteiger partial charge in [-0.3, -0.25) is 9.48 Å². The highest BCUT2D eigenvalue weighted by molar-refractivity contribution is 5.60. The standard InChI is InChI=1S/C13H22N6O/c1-4-18-12(11(14)13(20)19(18)5-2)15-6-7-17-9-8-16(3)10-17/h8-10H,4-7,14H2,1-3H3/p+1. The molecule has 7 nitrogen and oxygen atoms in total. The Labute approximate surface area is 118 Å². The third kappa shape index (κ3) is 2.56. The summed E-state index contributed by atoms with van der Waals surface area (Å²) in [6.07, 6.45) is 6.01. The average Bonchev–Trinajstić information content (AvgIpc) is 2.94. The van der Waals surface area contributed by atoms with E-state index >= 15 is 0 Å². The van der Waals surface area contributed by atoms with Gasteiger partial charge in [0.25, 0.3) is 5.56 Å². The molecule has 0 bridgehead atoms. The Hall–Kier alpha value is -2.18. The van der Waals surface area contributed by atoms with Crippen LogP contribution in [0.1, 0.15) is 13.8 Å². The molecule has 0 spiro atoms. The molecule has 0 saturated heterocycles. The van der Waals surface area contributed by atoms with Gasteiger partial charge >= 0.3 is 0 Å². The predicted octanol–water partition coefficient (Wildman–Crippen LogP) is 0.00990. The molecule has 2 heterocycles. The fourth-order valence-corrected chi connectivity index (χ4v) is 2.38. The van der Waals surface area contributed by atoms with Crippen molar-refractivity contribution in [1.82, 2.24) is 13.9 Å². The molecule has 110 valence electrons. The third-order valence-electron chi connectivity index (χ3n) is 3.35. The number of rotatable bonds is 6. The number of nitrogens with two attached hydrogens (primary N) is 1. The Morgan fingerprint density at radius 2 is 2.00 bits per heavy atom. The normalized spacial score (nSPS) is 10.9. The number of nitrogens with zero attached hydrogens (tertiary/aromatic N) is 4. The maximum Gasteiger partial charge on any atom is 0.292 e. The van der Waals surface area contributed by atoms with Gasteiger partial charge in [0.15, 0.2) is 5.82 Å². The number of hydrogen-bond acceptors (Lipinski definition) is 3. The van der Waals surface area contributed by atoms with Crippen LogP contribution < -0.4 is 21.2 Å². The molecule has 2 rings (SSSR count). The van der Waals surface area contributed by atoms with Crippen molar-refractivity contribution in [1.29, 1.82) is 0 Å². The van der Waals surface area contributed by atoms with Crippen LogP contribution in [0.15, 0.2) is 23.5 Å². The first kappa shape index (κ1) is 14.2. The highest BCUT2D eigenvalue weighted by Gasteiger charge is 2.15. The molecular weight excluding hydrogens is 256 g/mol. The van der Waals surface area contributed by atoms with Crippen molar-refractivity contribution in [3.63, 3.8) is 0 Å². The van der Waals surface area contributed by atoms with Crippen LogP contribution in [0.4, 0.5) is 11.5 Å². The van der Waals surface area contributed by atoms with E-state index in [2.05, 4.69) is 9.88 Å². The van der Waals surface area contributed by atoms with E-state index in [4.69, 9.17) is 5.73 Å². The number of imidazole rings is 1. The molecule has 0 unspecified atom stereocenters. The summed E-state index contributed by atoms with van der Waals surface area (Å²) in [6, 6.07) is 0. The SMILES string of the molecule is CCn1c(NCCn2cc[n+](C)c2)c(N)c(=O)n1CC. The Bertz CT molecular complexity index is 636. The molecule has 0 radical (unpaired) electrons. The minimum Gasteiger partial charge on any atom is -0.391 e. The van der Waals surface area contributed by atoms with Crippen LogP contribution in [-0.2, 0) is 26.7 Å². The second-order valence-corrected chi connectivity index (χ2v) is 4.74. The van der Waals surface area contributed by atoms with Crippen molar-refractivity contribution >= 4 is 11.5 Å². The lowest BCUT2D eigenvalue weighted by Gasteiger charge is -2.12. The number of nitrogen functional groups attached to an aromatic ring is 1. The molecular formula is C13H23N6O+. The maximum absolute atomic E-state index is 12.0. The first-order valence-electron chi connectivity index (χ1n) is 6.92. The van der Waals surface area contributed by atoms with E-state index in [0.29, 0.717) is 25.3 Å². The molecule has 2 aromatic heterocycles. The summed E-state index contributed by atoms with van der Waals surface area (Å²) in [5, 5.41) is 3.27. The molecule has 0 fully saturated rings. The van der Waals surface area contributed by atoms with E-state index in [1.165, 1.54) is 0 Å². The fourth-order valence-electron chi connectivity index (χ4n) is 2.38. The molecule has 0 aliphatic rings. The lowest BCUT2D eigenvalue weighted by Crippen LogP contribution is -2.24. The molecule has 20 heavy (non-hydrogen) atoms. The van der Waals surface area contributed by atoms with Gasteiger partial charge in [0, 0.05) is 13.1 Å². The Balaban J connectivity index is 2.11. The summed E-state index contributed by atoms with van der Waals surface area (Å²) < 4.78 is 7.62. The molecule has 0 atom stereocenters. The van der Waals surface area contributed by atoms with Gasteiger partial charge in [0.2, 0.25) is 6.33 Å². The summed E-state index contributed by atoms with van der Waals surface area (Å²) in [5.41, 5.74) is 6.09. The minimum absolute atomic E-state index is 0.121. The monoisotopic (exact) mass is 279 g/mol. The number of hydrogen-bond donors (Lipinski definition) is 2. The van der Waals surface area contributed by atoms with Crippen LogP contribution in [0.3, 0.4) is 0 Å². The van der Waals surface area contributed by atoms with Gasteiger partial charge < -0.3 is 11.1 Å². The van der Waals surface area contributed by atoms with E-state index in [9.17, 15) is 4.79 Å². The van der Waals surface area contributed by atoms with Gasteiger partial charge in [-0.2, -0.15) is 0 Å². The van der Waals surface area contributed by atoms with E-state index in [-0.39, 0.29) is 5.56 Å². The summed E-state index contributed by atoms with van der Waals surface area (Å²) >= 11 is 0. The van der Waals surface area contributed by atoms with Crippen LogP contribution in [0, 0.1) is 0 Å². The maximum atomic E-state index is 12.0. The summed E-state index contributed by atoms with van der Waals surface area (Å²) in [4.78, 5) is 12.0. The zero-order valence-electron chi connectivity index (χ0n) is 12.3. The smallest absolute Gasteiger partial charge is 0.292 e. The van der Waals surface area contributed by atoms with Crippen molar-refractivity contribution in [3.8, 4) is 0 Å². The first-order valence-corrected chi connectivity index (χ1v) is 6.92. The Morgan fingerprint density at radius 1 is 1.30 bits per heavy atom. The molecule has 3 N–H and O–H groups in total. The van der Waals surface area contributed by atoms with E-state index in [1.54, 1.807) is 4.68 Å². The zero-order valence-corrected chi connectivity index (χ0v) is 12.3. The van der Waals surface area contributed by atoms with Gasteiger partial charge in [-0.25, -0.2) is 13.8 Å². The van der Waals surface area contributed by atoms with Crippen molar-refractivity contribution < 1.29 is 4.57 Å². The van der Waals surface area contributed by atoms with Gasteiger partial charge in [0.1, 0.15) is 24.6 Å². The second kappa shape index (κ2) is 5.85. The van der Waals surface area contributed by atoms with Crippen molar-refractivity contribution in [2.75, 3.05) is 17.6 Å². The Kier molecular flexibility index (Phi) is 4.16. The molecule has 2 aromatic rings. The summed E-state index contributed by atoms with van der Waals surface area (Å²) in [5.74, 6) is 0.718. The number of anilines is 2. The quantitative estimate of drug-likeness (QED) is 0.732. The minimum atomic E-state index is -0.121. The highest BCUT2D eigenvalue weighted by Crippen LogP contribution is 2.15. The average molecular weight is 279 g/mol. The van der Waals surface area contributed by atoms with Crippen LogP contribution in [0.5, 0.6) is 0 Å². The molecule has 0 aliphatic carbocycles. The van der Waals surface area contributed by atoms with Crippen LogP contribution in [0.2, 0.25) is 0 Å². The molecule has 0 amide bonds. The van der Waals surface area contributed by atoms with Gasteiger partial charge in [-0.1, -0.05) is 0 Å². The topological polar surface area (TPSA) is 73.8 Å². The first-order chi connectivity index (χ1) is 9.58. The van der Waals surface area contributed by atoms with Crippen LogP contribution >= 0.6 is 0 Å². The molecule has 0 saturated carbocycles. The molecule has 7 heteroatoms. The lowest BCUT2D eigenvalue weighted by atomic mass is 10.4. The highest BCUT2D eigenvalue weighted by atomic mass is 16.1. The number of aryl methyl sites for hydroxylation is 1. The number of nitrogens with one attached hydrogen (secondary N) is 1. The largest absolute Gasteiger partial charge is 0.391 e. The second-order valence-electron chi connectivity index (χ2n) is 4.74. The Morgan fingerprint density at radius 3 is 2.55 bits per heavy atom. The van der Waals surface area contributed by atoms with Crippen LogP contribution in [-0.4, -0.2) is 20.5 Å². The zero-order chi connectivity index (χ0) is 14.7. The summed E-state index contributed by atoms with van der Waals surface area (Å²) in [7, 11) is 1.98. The van der Waals surface area contributed by atoms with Gasteiger partial charge in [-0.15, -0.1) is 0 Å². The van der Waals surface area contributed by atoms with Crippen molar-refractivity contribution in [2.45, 2.75) is 33.5 Å². The van der Waals surface area contributed by atoms with Crippen LogP contribution in [0.25, 0.3) is 0 Å². The van der Waals surface area contributed by atoms with E-state index in [0.717, 1.165) is 12.4 Å². The molecule has 0 aliphatic heterocycles. The summed E-state index contributed by atoms with van der Waals surface area (Å²) in [6.45, 7) is 6.80. The third-order valence-corrected chi connectivity index (χ3v) is 3.35. The number of aromatic nitrogens is 4. The lowest BCUT2D eigenvalue weighted by molar-refractivity contribution is -0.671. The fraction of sp³-hybridized carbons (Fsp3) is 0.538. The predicted molar refractivity (Wildman–Crippen MR) is 78.6 cm³/mol. The van der Waals surface area contributed by atoms with Crippen molar-refractivity contribution in [3.05, 3.63) is 29.1 Å². The van der Waals surface area contributed by atoms with E-state index < -0.39 is 0 Å².